The Morgan fingerprint density at radius 1 is 1.39 bits per heavy atom. The molecular weight excluding hydrogens is 230 g/mol. The van der Waals surface area contributed by atoms with Crippen molar-refractivity contribution in [3.63, 3.8) is 0 Å². The highest BCUT2D eigenvalue weighted by Crippen LogP contribution is 2.24. The molecule has 1 aromatic heterocycles. The van der Waals surface area contributed by atoms with Crippen LogP contribution in [-0.2, 0) is 9.63 Å². The van der Waals surface area contributed by atoms with Gasteiger partial charge in [0.1, 0.15) is 0 Å². The molecule has 1 aliphatic rings. The third-order valence-electron chi connectivity index (χ3n) is 3.18. The number of carbonyl (C=O) groups is 1. The van der Waals surface area contributed by atoms with Crippen molar-refractivity contribution in [3.05, 3.63) is 30.1 Å². The van der Waals surface area contributed by atoms with Crippen LogP contribution >= 0.6 is 0 Å². The van der Waals surface area contributed by atoms with E-state index in [1.54, 1.807) is 24.5 Å². The first-order valence-electron chi connectivity index (χ1n) is 6.28. The summed E-state index contributed by atoms with van der Waals surface area (Å²) in [6, 6.07) is 3.60. The van der Waals surface area contributed by atoms with Gasteiger partial charge in [0.05, 0.1) is 11.5 Å². The molecule has 0 amide bonds. The van der Waals surface area contributed by atoms with Crippen molar-refractivity contribution < 1.29 is 14.6 Å². The lowest BCUT2D eigenvalue weighted by Gasteiger charge is -2.17. The zero-order valence-corrected chi connectivity index (χ0v) is 10.3. The number of hydrogen-bond donors (Lipinski definition) is 1. The number of hydrogen-bond acceptors (Lipinski definition) is 3. The van der Waals surface area contributed by atoms with Crippen LogP contribution in [0.25, 0.3) is 0 Å². The van der Waals surface area contributed by atoms with E-state index in [0.29, 0.717) is 5.56 Å². The summed E-state index contributed by atoms with van der Waals surface area (Å²) in [5.74, 6) is -0.0776. The highest BCUT2D eigenvalue weighted by Gasteiger charge is 2.22. The SMILES string of the molecule is NC(=NOC(=O)C1CCCCC1)c1ccc[nH+]c1. The number of carbonyl (C=O) groups excluding carboxylic acids is 1. The maximum absolute atomic E-state index is 11.7. The number of nitrogens with one attached hydrogen (secondary N) is 1. The van der Waals surface area contributed by atoms with Crippen LogP contribution in [0.3, 0.4) is 0 Å². The van der Waals surface area contributed by atoms with Crippen LogP contribution in [0.5, 0.6) is 0 Å². The number of oxime groups is 1. The average Bonchev–Trinajstić information content (AvgIpc) is 2.46. The molecular formula is C13H18N3O2+. The second-order valence-electron chi connectivity index (χ2n) is 4.51. The third kappa shape index (κ3) is 3.29. The molecule has 3 N–H and O–H groups in total. The summed E-state index contributed by atoms with van der Waals surface area (Å²) in [6.45, 7) is 0. The van der Waals surface area contributed by atoms with Crippen LogP contribution < -0.4 is 10.7 Å². The number of nitrogens with zero attached hydrogens (tertiary/aromatic N) is 1. The molecule has 2 rings (SSSR count). The zero-order valence-electron chi connectivity index (χ0n) is 10.3. The fourth-order valence-corrected chi connectivity index (χ4v) is 2.11. The minimum atomic E-state index is -0.266. The van der Waals surface area contributed by atoms with Crippen LogP contribution in [0.15, 0.2) is 29.7 Å². The summed E-state index contributed by atoms with van der Waals surface area (Å²) in [6.07, 6.45) is 8.65. The molecule has 1 aliphatic carbocycles. The Morgan fingerprint density at radius 3 is 2.83 bits per heavy atom. The second-order valence-corrected chi connectivity index (χ2v) is 4.51. The van der Waals surface area contributed by atoms with Gasteiger partial charge in [0.2, 0.25) is 0 Å². The lowest BCUT2D eigenvalue weighted by Crippen LogP contribution is -2.21. The Kier molecular flexibility index (Phi) is 4.28. The first-order chi connectivity index (χ1) is 8.77. The highest BCUT2D eigenvalue weighted by molar-refractivity contribution is 5.96. The highest BCUT2D eigenvalue weighted by atomic mass is 16.7. The van der Waals surface area contributed by atoms with Gasteiger partial charge < -0.3 is 10.6 Å². The molecule has 1 aromatic rings. The van der Waals surface area contributed by atoms with Crippen molar-refractivity contribution in [1.29, 1.82) is 0 Å². The van der Waals surface area contributed by atoms with Crippen LogP contribution in [0.2, 0.25) is 0 Å². The molecule has 0 atom stereocenters. The molecule has 96 valence electrons. The van der Waals surface area contributed by atoms with Crippen LogP contribution in [0.1, 0.15) is 37.7 Å². The standard InChI is InChI=1S/C13H17N3O2/c14-12(11-7-4-8-15-9-11)16-18-13(17)10-5-2-1-3-6-10/h4,7-10H,1-3,5-6H2,(H2,14,16)/p+1. The largest absolute Gasteiger partial charge is 0.380 e. The van der Waals surface area contributed by atoms with E-state index >= 15 is 0 Å². The van der Waals surface area contributed by atoms with Crippen molar-refractivity contribution in [2.75, 3.05) is 0 Å². The normalized spacial score (nSPS) is 17.4. The van der Waals surface area contributed by atoms with Crippen molar-refractivity contribution in [3.8, 4) is 0 Å². The molecule has 18 heavy (non-hydrogen) atoms. The molecule has 5 nitrogen and oxygen atoms in total. The van der Waals surface area contributed by atoms with E-state index in [2.05, 4.69) is 10.1 Å². The van der Waals surface area contributed by atoms with E-state index in [4.69, 9.17) is 10.6 Å². The van der Waals surface area contributed by atoms with Crippen molar-refractivity contribution in [1.82, 2.24) is 0 Å². The van der Waals surface area contributed by atoms with Gasteiger partial charge in [0, 0.05) is 6.07 Å². The van der Waals surface area contributed by atoms with Gasteiger partial charge in [-0.3, -0.25) is 0 Å². The van der Waals surface area contributed by atoms with Gasteiger partial charge in [-0.1, -0.05) is 24.4 Å². The van der Waals surface area contributed by atoms with Crippen molar-refractivity contribution in [2.45, 2.75) is 32.1 Å². The molecule has 1 saturated carbocycles. The summed E-state index contributed by atoms with van der Waals surface area (Å²) in [5.41, 5.74) is 6.43. The van der Waals surface area contributed by atoms with E-state index in [1.165, 1.54) is 6.42 Å². The van der Waals surface area contributed by atoms with Gasteiger partial charge in [-0.25, -0.2) is 9.78 Å². The van der Waals surface area contributed by atoms with E-state index in [1.807, 2.05) is 0 Å². The van der Waals surface area contributed by atoms with Gasteiger partial charge in [-0.05, 0) is 18.9 Å². The Morgan fingerprint density at radius 2 is 2.17 bits per heavy atom. The molecule has 0 radical (unpaired) electrons. The third-order valence-corrected chi connectivity index (χ3v) is 3.18. The lowest BCUT2D eigenvalue weighted by atomic mass is 9.89. The minimum absolute atomic E-state index is 0.0161. The number of pyridine rings is 1. The van der Waals surface area contributed by atoms with Gasteiger partial charge in [-0.2, -0.15) is 0 Å². The summed E-state index contributed by atoms with van der Waals surface area (Å²) < 4.78 is 0. The topological polar surface area (TPSA) is 78.8 Å². The summed E-state index contributed by atoms with van der Waals surface area (Å²) in [4.78, 5) is 19.5. The van der Waals surface area contributed by atoms with Crippen molar-refractivity contribution >= 4 is 11.8 Å². The minimum Gasteiger partial charge on any atom is -0.380 e. The Hall–Kier alpha value is -1.91. The fraction of sp³-hybridized carbons (Fsp3) is 0.462. The second kappa shape index (κ2) is 6.14. The number of aromatic amines is 1. The predicted molar refractivity (Wildman–Crippen MR) is 66.4 cm³/mol. The predicted octanol–water partition coefficient (Wildman–Crippen LogP) is 1.24. The van der Waals surface area contributed by atoms with E-state index in [9.17, 15) is 4.79 Å². The molecule has 0 bridgehead atoms. The maximum atomic E-state index is 11.7. The molecule has 0 aliphatic heterocycles. The number of rotatable bonds is 3. The Balaban J connectivity index is 1.91. The maximum Gasteiger partial charge on any atom is 0.338 e. The van der Waals surface area contributed by atoms with E-state index < -0.39 is 0 Å². The first kappa shape index (κ1) is 12.5. The van der Waals surface area contributed by atoms with Gasteiger partial charge in [0.25, 0.3) is 0 Å². The number of aromatic nitrogens is 1. The molecule has 5 heteroatoms. The first-order valence-corrected chi connectivity index (χ1v) is 6.28. The smallest absolute Gasteiger partial charge is 0.338 e. The average molecular weight is 248 g/mol. The number of H-pyrrole nitrogens is 1. The summed E-state index contributed by atoms with van der Waals surface area (Å²) >= 11 is 0. The Bertz CT molecular complexity index is 425. The van der Waals surface area contributed by atoms with Gasteiger partial charge >= 0.3 is 5.97 Å². The van der Waals surface area contributed by atoms with Gasteiger partial charge in [0.15, 0.2) is 18.2 Å². The fourth-order valence-electron chi connectivity index (χ4n) is 2.11. The molecule has 0 aromatic carbocycles. The number of nitrogens with two attached hydrogens (primary N) is 1. The zero-order chi connectivity index (χ0) is 12.8. The van der Waals surface area contributed by atoms with Gasteiger partial charge in [-0.15, -0.1) is 0 Å². The quantitative estimate of drug-likeness (QED) is 0.378. The molecule has 0 spiro atoms. The molecule has 0 unspecified atom stereocenters. The molecule has 1 heterocycles. The monoisotopic (exact) mass is 248 g/mol. The van der Waals surface area contributed by atoms with Crippen LogP contribution in [0, 0.1) is 5.92 Å². The Labute approximate surface area is 106 Å². The van der Waals surface area contributed by atoms with Crippen LogP contribution in [0.4, 0.5) is 0 Å². The lowest BCUT2D eigenvalue weighted by molar-refractivity contribution is -0.378. The van der Waals surface area contributed by atoms with Crippen LogP contribution in [-0.4, -0.2) is 11.8 Å². The van der Waals surface area contributed by atoms with Crippen molar-refractivity contribution in [2.24, 2.45) is 16.8 Å². The number of amidine groups is 1. The molecule has 0 saturated heterocycles. The van der Waals surface area contributed by atoms with E-state index in [-0.39, 0.29) is 17.7 Å². The van der Waals surface area contributed by atoms with E-state index in [0.717, 1.165) is 25.7 Å². The molecule has 1 fully saturated rings. The summed E-state index contributed by atoms with van der Waals surface area (Å²) in [5, 5.41) is 3.69. The summed E-state index contributed by atoms with van der Waals surface area (Å²) in [7, 11) is 0.